The first kappa shape index (κ1) is 11.2. The van der Waals surface area contributed by atoms with Crippen molar-refractivity contribution in [3.63, 3.8) is 0 Å². The Kier molecular flexibility index (Phi) is 2.57. The van der Waals surface area contributed by atoms with E-state index < -0.39 is 0 Å². The largest absolute Gasteiger partial charge is 0.441 e. The molecule has 3 rings (SSSR count). The lowest BCUT2D eigenvalue weighted by molar-refractivity contribution is -0.0636. The second-order valence-corrected chi connectivity index (χ2v) is 4.85. The van der Waals surface area contributed by atoms with Crippen molar-refractivity contribution in [3.05, 3.63) is 29.7 Å². The Morgan fingerprint density at radius 1 is 1.44 bits per heavy atom. The fourth-order valence-corrected chi connectivity index (χ4v) is 2.47. The predicted molar refractivity (Wildman–Crippen MR) is 66.1 cm³/mol. The second kappa shape index (κ2) is 4.11. The first-order valence-corrected chi connectivity index (χ1v) is 6.06. The summed E-state index contributed by atoms with van der Waals surface area (Å²) in [5.41, 5.74) is 2.87. The van der Waals surface area contributed by atoms with Crippen LogP contribution >= 0.6 is 0 Å². The van der Waals surface area contributed by atoms with Crippen LogP contribution in [0.25, 0.3) is 11.1 Å². The van der Waals surface area contributed by atoms with E-state index in [2.05, 4.69) is 17.1 Å². The van der Waals surface area contributed by atoms with Crippen molar-refractivity contribution in [1.82, 2.24) is 4.98 Å². The number of hydrogen-bond donors (Lipinski definition) is 0. The van der Waals surface area contributed by atoms with Gasteiger partial charge in [-0.25, -0.2) is 4.98 Å². The molecule has 2 heterocycles. The highest BCUT2D eigenvalue weighted by molar-refractivity contribution is 5.73. The van der Waals surface area contributed by atoms with Crippen LogP contribution in [0.4, 0.5) is 0 Å². The van der Waals surface area contributed by atoms with Crippen LogP contribution in [0.5, 0.6) is 0 Å². The van der Waals surface area contributed by atoms with Crippen molar-refractivity contribution < 1.29 is 9.15 Å². The van der Waals surface area contributed by atoms with E-state index in [9.17, 15) is 0 Å². The quantitative estimate of drug-likeness (QED) is 0.830. The van der Waals surface area contributed by atoms with Crippen LogP contribution in [0.3, 0.4) is 0 Å². The van der Waals surface area contributed by atoms with Gasteiger partial charge in [-0.15, -0.1) is 0 Å². The van der Waals surface area contributed by atoms with Crippen molar-refractivity contribution in [3.8, 4) is 6.07 Å². The van der Waals surface area contributed by atoms with E-state index in [0.717, 1.165) is 17.5 Å². The Morgan fingerprint density at radius 3 is 2.94 bits per heavy atom. The predicted octanol–water partition coefficient (Wildman–Crippen LogP) is 2.71. The number of aryl methyl sites for hydroxylation is 1. The van der Waals surface area contributed by atoms with Crippen LogP contribution in [-0.4, -0.2) is 18.2 Å². The van der Waals surface area contributed by atoms with Crippen molar-refractivity contribution in [2.24, 2.45) is 0 Å². The number of nitriles is 1. The van der Waals surface area contributed by atoms with E-state index in [4.69, 9.17) is 14.4 Å². The van der Waals surface area contributed by atoms with Crippen LogP contribution in [0.2, 0.25) is 0 Å². The molecule has 1 aliphatic heterocycles. The van der Waals surface area contributed by atoms with Gasteiger partial charge in [0.25, 0.3) is 0 Å². The zero-order chi connectivity index (χ0) is 12.6. The maximum Gasteiger partial charge on any atom is 0.192 e. The maximum atomic E-state index is 8.75. The van der Waals surface area contributed by atoms with Crippen LogP contribution in [0.1, 0.15) is 24.3 Å². The summed E-state index contributed by atoms with van der Waals surface area (Å²) in [4.78, 5) is 4.29. The van der Waals surface area contributed by atoms with Crippen LogP contribution < -0.4 is 0 Å². The molecule has 0 atom stereocenters. The molecular formula is C14H14N2O2. The van der Waals surface area contributed by atoms with Crippen molar-refractivity contribution in [2.45, 2.75) is 25.2 Å². The third-order valence-corrected chi connectivity index (χ3v) is 3.58. The summed E-state index contributed by atoms with van der Waals surface area (Å²) in [5, 5.41) is 8.75. The van der Waals surface area contributed by atoms with Gasteiger partial charge in [0.15, 0.2) is 11.5 Å². The lowest BCUT2D eigenvalue weighted by atomic mass is 9.75. The van der Waals surface area contributed by atoms with Gasteiger partial charge in [-0.2, -0.15) is 5.26 Å². The summed E-state index contributed by atoms with van der Waals surface area (Å²) in [6.07, 6.45) is 1.39. The topological polar surface area (TPSA) is 59.0 Å². The molecule has 0 saturated carbocycles. The fourth-order valence-electron chi connectivity index (χ4n) is 2.47. The third-order valence-electron chi connectivity index (χ3n) is 3.58. The molecule has 1 fully saturated rings. The maximum absolute atomic E-state index is 8.75. The number of hydrogen-bond acceptors (Lipinski definition) is 4. The standard InChI is InChI=1S/C14H14N2O2/c1-10-16-12-4-3-11(7-13(12)18-10)14(5-2-6-15)8-17-9-14/h3-4,7H,2,5,8-9H2,1H3. The average Bonchev–Trinajstić information content (AvgIpc) is 2.67. The molecule has 0 unspecified atom stereocenters. The van der Waals surface area contributed by atoms with Crippen LogP contribution in [0.15, 0.2) is 22.6 Å². The van der Waals surface area contributed by atoms with Crippen molar-refractivity contribution >= 4 is 11.1 Å². The van der Waals surface area contributed by atoms with Crippen molar-refractivity contribution in [2.75, 3.05) is 13.2 Å². The Morgan fingerprint density at radius 2 is 2.28 bits per heavy atom. The van der Waals surface area contributed by atoms with Gasteiger partial charge in [-0.1, -0.05) is 6.07 Å². The van der Waals surface area contributed by atoms with E-state index in [-0.39, 0.29) is 5.41 Å². The summed E-state index contributed by atoms with van der Waals surface area (Å²) < 4.78 is 10.9. The van der Waals surface area contributed by atoms with E-state index >= 15 is 0 Å². The van der Waals surface area contributed by atoms with Gasteiger partial charge in [0.2, 0.25) is 0 Å². The highest BCUT2D eigenvalue weighted by atomic mass is 16.5. The van der Waals surface area contributed by atoms with E-state index in [1.807, 2.05) is 19.1 Å². The lowest BCUT2D eigenvalue weighted by Gasteiger charge is -2.41. The fraction of sp³-hybridized carbons (Fsp3) is 0.429. The molecule has 4 nitrogen and oxygen atoms in total. The molecule has 18 heavy (non-hydrogen) atoms. The smallest absolute Gasteiger partial charge is 0.192 e. The highest BCUT2D eigenvalue weighted by Crippen LogP contribution is 2.38. The number of rotatable bonds is 3. The summed E-state index contributed by atoms with van der Waals surface area (Å²) in [6.45, 7) is 3.22. The zero-order valence-electron chi connectivity index (χ0n) is 10.3. The molecule has 0 spiro atoms. The molecule has 0 amide bonds. The number of aromatic nitrogens is 1. The molecular weight excluding hydrogens is 228 g/mol. The van der Waals surface area contributed by atoms with Gasteiger partial charge in [0.05, 0.1) is 19.3 Å². The Labute approximate surface area is 105 Å². The molecule has 92 valence electrons. The molecule has 2 aromatic rings. The van der Waals surface area contributed by atoms with Gasteiger partial charge in [-0.05, 0) is 24.1 Å². The van der Waals surface area contributed by atoms with Gasteiger partial charge in [0.1, 0.15) is 5.52 Å². The molecule has 1 aromatic carbocycles. The minimum absolute atomic E-state index is 0.00931. The molecule has 1 aromatic heterocycles. The molecule has 1 saturated heterocycles. The van der Waals surface area contributed by atoms with Gasteiger partial charge < -0.3 is 9.15 Å². The number of nitrogens with zero attached hydrogens (tertiary/aromatic N) is 2. The normalized spacial score (nSPS) is 17.3. The summed E-state index contributed by atoms with van der Waals surface area (Å²) in [5.74, 6) is 0.679. The first-order valence-electron chi connectivity index (χ1n) is 6.06. The molecule has 0 N–H and O–H groups in total. The lowest BCUT2D eigenvalue weighted by Crippen LogP contribution is -2.46. The summed E-state index contributed by atoms with van der Waals surface area (Å²) in [6, 6.07) is 8.30. The Bertz CT molecular complexity index is 620. The zero-order valence-corrected chi connectivity index (χ0v) is 10.3. The van der Waals surface area contributed by atoms with Gasteiger partial charge in [0, 0.05) is 18.8 Å². The minimum atomic E-state index is -0.00931. The SMILES string of the molecule is Cc1nc2ccc(C3(CCC#N)COC3)cc2o1. The second-order valence-electron chi connectivity index (χ2n) is 4.85. The molecule has 0 bridgehead atoms. The van der Waals surface area contributed by atoms with Gasteiger partial charge >= 0.3 is 0 Å². The third kappa shape index (κ3) is 1.68. The average molecular weight is 242 g/mol. The number of fused-ring (bicyclic) bond motifs is 1. The molecule has 0 radical (unpaired) electrons. The monoisotopic (exact) mass is 242 g/mol. The summed E-state index contributed by atoms with van der Waals surface area (Å²) >= 11 is 0. The minimum Gasteiger partial charge on any atom is -0.441 e. The van der Waals surface area contributed by atoms with Crippen LogP contribution in [-0.2, 0) is 10.2 Å². The van der Waals surface area contributed by atoms with Crippen LogP contribution in [0, 0.1) is 18.3 Å². The van der Waals surface area contributed by atoms with Crippen molar-refractivity contribution in [1.29, 1.82) is 5.26 Å². The van der Waals surface area contributed by atoms with E-state index in [0.29, 0.717) is 25.5 Å². The Balaban J connectivity index is 1.99. The molecule has 4 heteroatoms. The summed E-state index contributed by atoms with van der Waals surface area (Å²) in [7, 11) is 0. The van der Waals surface area contributed by atoms with E-state index in [1.165, 1.54) is 5.56 Å². The molecule has 0 aliphatic carbocycles. The molecule has 1 aliphatic rings. The highest BCUT2D eigenvalue weighted by Gasteiger charge is 2.40. The first-order chi connectivity index (χ1) is 8.73. The van der Waals surface area contributed by atoms with E-state index in [1.54, 1.807) is 0 Å². The van der Waals surface area contributed by atoms with Gasteiger partial charge in [-0.3, -0.25) is 0 Å². The number of ether oxygens (including phenoxy) is 1. The number of benzene rings is 1. The number of oxazole rings is 1. The Hall–Kier alpha value is -1.86.